The van der Waals surface area contributed by atoms with Gasteiger partial charge in [0.25, 0.3) is 0 Å². The van der Waals surface area contributed by atoms with Gasteiger partial charge in [0, 0.05) is 0 Å². The molecule has 1 aromatic heterocycles. The summed E-state index contributed by atoms with van der Waals surface area (Å²) in [5, 5.41) is 0. The molecule has 0 radical (unpaired) electrons. The minimum absolute atomic E-state index is 0.229. The van der Waals surface area contributed by atoms with Gasteiger partial charge in [0.15, 0.2) is 0 Å². The van der Waals surface area contributed by atoms with Gasteiger partial charge in [-0.1, -0.05) is 0 Å². The highest BCUT2D eigenvalue weighted by atomic mass is 16.6. The van der Waals surface area contributed by atoms with E-state index in [2.05, 4.69) is 9.82 Å². The third-order valence-electron chi connectivity index (χ3n) is 0.690. The summed E-state index contributed by atoms with van der Waals surface area (Å²) in [6, 6.07) is 0. The van der Waals surface area contributed by atoms with Crippen LogP contribution in [-0.4, -0.2) is 4.98 Å². The molecule has 0 bridgehead atoms. The Kier molecular flexibility index (Phi) is 1.61. The molecular weight excluding hydrogens is 108 g/mol. The van der Waals surface area contributed by atoms with E-state index >= 15 is 0 Å². The minimum Gasteiger partial charge on any atom is -0.446 e. The summed E-state index contributed by atoms with van der Waals surface area (Å²) >= 11 is 0. The van der Waals surface area contributed by atoms with Crippen molar-refractivity contribution < 1.29 is 9.25 Å². The molecule has 1 rings (SSSR count). The number of nitrogens with two attached hydrogens (primary N) is 1. The third kappa shape index (κ3) is 1.05. The molecule has 4 heteroatoms. The lowest BCUT2D eigenvalue weighted by Crippen LogP contribution is -1.98. The molecule has 0 spiro atoms. The van der Waals surface area contributed by atoms with Crippen molar-refractivity contribution in [1.29, 1.82) is 0 Å². The fourth-order valence-corrected chi connectivity index (χ4v) is 0.396. The molecule has 0 amide bonds. The molecular formula is C4H6N2O2. The van der Waals surface area contributed by atoms with E-state index in [1.165, 1.54) is 12.5 Å². The molecule has 0 unspecified atom stereocenters. The smallest absolute Gasteiger partial charge is 0.222 e. The molecule has 8 heavy (non-hydrogen) atoms. The zero-order valence-corrected chi connectivity index (χ0v) is 4.20. The molecule has 0 saturated heterocycles. The maximum Gasteiger partial charge on any atom is 0.222 e. The van der Waals surface area contributed by atoms with Crippen molar-refractivity contribution in [2.45, 2.75) is 6.61 Å². The number of rotatable bonds is 2. The van der Waals surface area contributed by atoms with Crippen LogP contribution in [0, 0.1) is 0 Å². The number of oxazole rings is 1. The zero-order chi connectivity index (χ0) is 5.82. The van der Waals surface area contributed by atoms with E-state index < -0.39 is 0 Å². The van der Waals surface area contributed by atoms with Crippen LogP contribution >= 0.6 is 0 Å². The van der Waals surface area contributed by atoms with Gasteiger partial charge in [-0.25, -0.2) is 10.9 Å². The molecule has 0 aliphatic rings. The minimum atomic E-state index is 0.229. The van der Waals surface area contributed by atoms with Crippen molar-refractivity contribution in [3.63, 3.8) is 0 Å². The van der Waals surface area contributed by atoms with Crippen molar-refractivity contribution in [2.75, 3.05) is 0 Å². The second kappa shape index (κ2) is 2.44. The van der Waals surface area contributed by atoms with Crippen molar-refractivity contribution in [1.82, 2.24) is 4.98 Å². The highest BCUT2D eigenvalue weighted by Crippen LogP contribution is 1.92. The molecule has 0 atom stereocenters. The summed E-state index contributed by atoms with van der Waals surface area (Å²) in [6.45, 7) is 0.229. The quantitative estimate of drug-likeness (QED) is 0.552. The summed E-state index contributed by atoms with van der Waals surface area (Å²) < 4.78 is 4.76. The molecule has 0 fully saturated rings. The standard InChI is InChI=1S/C4H6N2O2/c5-8-3-4-6-1-2-7-4/h1-2H,3,5H2. The highest BCUT2D eigenvalue weighted by Gasteiger charge is 1.91. The monoisotopic (exact) mass is 114 g/mol. The molecule has 44 valence electrons. The Labute approximate surface area is 46.2 Å². The van der Waals surface area contributed by atoms with Crippen LogP contribution in [0.4, 0.5) is 0 Å². The second-order valence-corrected chi connectivity index (χ2v) is 1.24. The lowest BCUT2D eigenvalue weighted by molar-refractivity contribution is 0.105. The maximum absolute atomic E-state index is 4.76. The second-order valence-electron chi connectivity index (χ2n) is 1.24. The van der Waals surface area contributed by atoms with Crippen LogP contribution in [0.2, 0.25) is 0 Å². The average molecular weight is 114 g/mol. The predicted molar refractivity (Wildman–Crippen MR) is 25.5 cm³/mol. The molecule has 0 aromatic carbocycles. The number of nitrogens with zero attached hydrogens (tertiary/aromatic N) is 1. The van der Waals surface area contributed by atoms with Crippen LogP contribution in [0.25, 0.3) is 0 Å². The van der Waals surface area contributed by atoms with Gasteiger partial charge >= 0.3 is 0 Å². The molecule has 0 saturated carbocycles. The predicted octanol–water partition coefficient (Wildman–Crippen LogP) is 0.0649. The van der Waals surface area contributed by atoms with E-state index in [1.807, 2.05) is 0 Å². The summed E-state index contributed by atoms with van der Waals surface area (Å²) in [5.41, 5.74) is 0. The first-order valence-electron chi connectivity index (χ1n) is 2.13. The van der Waals surface area contributed by atoms with Crippen molar-refractivity contribution in [2.24, 2.45) is 5.90 Å². The fourth-order valence-electron chi connectivity index (χ4n) is 0.396. The van der Waals surface area contributed by atoms with Gasteiger partial charge in [0.2, 0.25) is 5.89 Å². The lowest BCUT2D eigenvalue weighted by Gasteiger charge is -1.86. The van der Waals surface area contributed by atoms with E-state index in [0.717, 1.165) is 0 Å². The Hall–Kier alpha value is -0.870. The van der Waals surface area contributed by atoms with E-state index in [4.69, 9.17) is 10.3 Å². The number of hydrogen-bond donors (Lipinski definition) is 1. The van der Waals surface area contributed by atoms with E-state index in [-0.39, 0.29) is 6.61 Å². The van der Waals surface area contributed by atoms with E-state index in [9.17, 15) is 0 Å². The van der Waals surface area contributed by atoms with Crippen molar-refractivity contribution in [3.8, 4) is 0 Å². The van der Waals surface area contributed by atoms with Gasteiger partial charge < -0.3 is 4.42 Å². The Balaban J connectivity index is 2.50. The van der Waals surface area contributed by atoms with E-state index in [1.54, 1.807) is 0 Å². The highest BCUT2D eigenvalue weighted by molar-refractivity contribution is 4.75. The Morgan fingerprint density at radius 1 is 1.88 bits per heavy atom. The molecule has 4 nitrogen and oxygen atoms in total. The van der Waals surface area contributed by atoms with Gasteiger partial charge in [-0.3, -0.25) is 4.84 Å². The first-order valence-corrected chi connectivity index (χ1v) is 2.13. The maximum atomic E-state index is 4.76. The SMILES string of the molecule is NOCc1ncco1. The topological polar surface area (TPSA) is 61.3 Å². The van der Waals surface area contributed by atoms with Crippen LogP contribution in [0.3, 0.4) is 0 Å². The normalized spacial score (nSPS) is 9.62. The number of hydrogen-bond acceptors (Lipinski definition) is 4. The Morgan fingerprint density at radius 2 is 2.75 bits per heavy atom. The molecule has 0 aliphatic carbocycles. The average Bonchev–Trinajstić information content (AvgIpc) is 2.19. The van der Waals surface area contributed by atoms with Crippen LogP contribution in [0.15, 0.2) is 16.9 Å². The first kappa shape index (κ1) is 5.27. The Morgan fingerprint density at radius 3 is 3.25 bits per heavy atom. The summed E-state index contributed by atoms with van der Waals surface area (Å²) in [7, 11) is 0. The summed E-state index contributed by atoms with van der Waals surface area (Å²) in [5.74, 6) is 5.21. The summed E-state index contributed by atoms with van der Waals surface area (Å²) in [4.78, 5) is 7.96. The summed E-state index contributed by atoms with van der Waals surface area (Å²) in [6.07, 6.45) is 3.00. The van der Waals surface area contributed by atoms with Crippen LogP contribution in [-0.2, 0) is 11.4 Å². The van der Waals surface area contributed by atoms with Crippen molar-refractivity contribution >= 4 is 0 Å². The van der Waals surface area contributed by atoms with Gasteiger partial charge in [0.05, 0.1) is 6.20 Å². The van der Waals surface area contributed by atoms with Gasteiger partial charge in [-0.2, -0.15) is 0 Å². The number of aromatic nitrogens is 1. The molecule has 0 aliphatic heterocycles. The zero-order valence-electron chi connectivity index (χ0n) is 4.20. The van der Waals surface area contributed by atoms with Crippen LogP contribution in [0.1, 0.15) is 5.89 Å². The molecule has 1 aromatic rings. The van der Waals surface area contributed by atoms with Crippen molar-refractivity contribution in [3.05, 3.63) is 18.4 Å². The third-order valence-corrected chi connectivity index (χ3v) is 0.690. The van der Waals surface area contributed by atoms with Crippen LogP contribution < -0.4 is 5.90 Å². The Bertz CT molecular complexity index is 138. The molecule has 1 heterocycles. The largest absolute Gasteiger partial charge is 0.446 e. The van der Waals surface area contributed by atoms with Gasteiger partial charge in [-0.15, -0.1) is 0 Å². The lowest BCUT2D eigenvalue weighted by atomic mass is 10.7. The van der Waals surface area contributed by atoms with Gasteiger partial charge in [0.1, 0.15) is 12.9 Å². The van der Waals surface area contributed by atoms with Gasteiger partial charge in [-0.05, 0) is 0 Å². The van der Waals surface area contributed by atoms with Crippen LogP contribution in [0.5, 0.6) is 0 Å². The fraction of sp³-hybridized carbons (Fsp3) is 0.250. The first-order chi connectivity index (χ1) is 3.93. The molecule has 2 N–H and O–H groups in total. The van der Waals surface area contributed by atoms with E-state index in [0.29, 0.717) is 5.89 Å².